The highest BCUT2D eigenvalue weighted by atomic mass is 16.6. The number of benzene rings is 2. The van der Waals surface area contributed by atoms with Gasteiger partial charge in [-0.15, -0.1) is 0 Å². The molecule has 2 aromatic rings. The molecule has 2 rings (SSSR count). The van der Waals surface area contributed by atoms with Crippen LogP contribution in [0.2, 0.25) is 0 Å². The lowest BCUT2D eigenvalue weighted by atomic mass is 9.91. The summed E-state index contributed by atoms with van der Waals surface area (Å²) >= 11 is 0. The number of carbonyl (C=O) groups is 4. The number of esters is 1. The molecule has 0 aliphatic carbocycles. The number of hydrogen-bond donors (Lipinski definition) is 3. The minimum Gasteiger partial charge on any atom is -0.508 e. The third kappa shape index (κ3) is 11.7. The molecule has 0 heterocycles. The number of phenolic OH excluding ortho intramolecular Hbond substituents is 1. The third-order valence-corrected chi connectivity index (χ3v) is 7.09. The topological polar surface area (TPSA) is 134 Å². The number of nitrogens with one attached hydrogen (secondary N) is 2. The minimum atomic E-state index is -1.30. The zero-order chi connectivity index (χ0) is 35.0. The molecular formula is C36H53N3O7. The van der Waals surface area contributed by atoms with E-state index in [2.05, 4.69) is 10.6 Å². The Morgan fingerprint density at radius 1 is 0.826 bits per heavy atom. The molecule has 4 unspecified atom stereocenters. The van der Waals surface area contributed by atoms with Gasteiger partial charge in [-0.1, -0.05) is 62.7 Å². The van der Waals surface area contributed by atoms with Crippen LogP contribution < -0.4 is 10.6 Å². The molecule has 10 nitrogen and oxygen atoms in total. The summed E-state index contributed by atoms with van der Waals surface area (Å²) in [6, 6.07) is 11.9. The van der Waals surface area contributed by atoms with Crippen molar-refractivity contribution >= 4 is 23.9 Å². The van der Waals surface area contributed by atoms with E-state index in [1.165, 1.54) is 17.0 Å². The van der Waals surface area contributed by atoms with Crippen LogP contribution in [0.3, 0.4) is 0 Å². The molecule has 0 fully saturated rings. The van der Waals surface area contributed by atoms with Gasteiger partial charge in [-0.25, -0.2) is 9.59 Å². The standard InChI is InChI=1S/C36H53N3O7/c1-12-23(2)28(38-33(44)46-36(9,10)11)31(42)39(34(3,4)5)29(25-19-16-20-26(40)22-25)30(41)37-27(32(43)45-35(6,7)8)21-24-17-14-13-15-18-24/h13-20,22-23,27-29,40H,12,21H2,1-11H3,(H,37,41)(H,38,44). The molecule has 0 aliphatic heterocycles. The summed E-state index contributed by atoms with van der Waals surface area (Å²) < 4.78 is 11.2. The molecule has 0 radical (unpaired) electrons. The monoisotopic (exact) mass is 639 g/mol. The van der Waals surface area contributed by atoms with Crippen LogP contribution in [0.1, 0.15) is 99.8 Å². The van der Waals surface area contributed by atoms with Gasteiger partial charge in [-0.2, -0.15) is 0 Å². The zero-order valence-corrected chi connectivity index (χ0v) is 29.3. The predicted octanol–water partition coefficient (Wildman–Crippen LogP) is 6.07. The van der Waals surface area contributed by atoms with Crippen molar-refractivity contribution in [3.63, 3.8) is 0 Å². The van der Waals surface area contributed by atoms with Crippen molar-refractivity contribution in [2.45, 2.75) is 124 Å². The van der Waals surface area contributed by atoms with Crippen molar-refractivity contribution in [2.75, 3.05) is 0 Å². The highest BCUT2D eigenvalue weighted by Crippen LogP contribution is 2.33. The summed E-state index contributed by atoms with van der Waals surface area (Å²) in [5.41, 5.74) is -1.45. The fraction of sp³-hybridized carbons (Fsp3) is 0.556. The smallest absolute Gasteiger partial charge is 0.408 e. The van der Waals surface area contributed by atoms with Gasteiger partial charge in [-0.05, 0) is 91.5 Å². The maximum Gasteiger partial charge on any atom is 0.408 e. The number of aromatic hydroxyl groups is 1. The van der Waals surface area contributed by atoms with Crippen molar-refractivity contribution in [2.24, 2.45) is 5.92 Å². The number of carbonyl (C=O) groups excluding carboxylic acids is 4. The number of nitrogens with zero attached hydrogens (tertiary/aromatic N) is 1. The third-order valence-electron chi connectivity index (χ3n) is 7.09. The number of amides is 3. The fourth-order valence-electron chi connectivity index (χ4n) is 4.89. The van der Waals surface area contributed by atoms with Crippen molar-refractivity contribution in [3.8, 4) is 5.75 Å². The van der Waals surface area contributed by atoms with E-state index in [0.29, 0.717) is 12.0 Å². The van der Waals surface area contributed by atoms with E-state index >= 15 is 0 Å². The van der Waals surface area contributed by atoms with Gasteiger partial charge < -0.3 is 30.1 Å². The van der Waals surface area contributed by atoms with Crippen LogP contribution in [-0.4, -0.2) is 62.7 Å². The highest BCUT2D eigenvalue weighted by Gasteiger charge is 2.44. The van der Waals surface area contributed by atoms with E-state index in [1.807, 2.05) is 44.2 Å². The highest BCUT2D eigenvalue weighted by molar-refractivity contribution is 5.94. The molecule has 0 aromatic heterocycles. The molecule has 0 bridgehead atoms. The first-order valence-electron chi connectivity index (χ1n) is 15.8. The Bertz CT molecular complexity index is 1340. The maximum atomic E-state index is 14.6. The van der Waals surface area contributed by atoms with Crippen molar-refractivity contribution in [3.05, 3.63) is 65.7 Å². The first kappa shape index (κ1) is 38.1. The largest absolute Gasteiger partial charge is 0.508 e. The Kier molecular flexibility index (Phi) is 12.8. The average Bonchev–Trinajstić information content (AvgIpc) is 2.91. The zero-order valence-electron chi connectivity index (χ0n) is 29.3. The molecule has 46 heavy (non-hydrogen) atoms. The van der Waals surface area contributed by atoms with Gasteiger partial charge in [-0.3, -0.25) is 9.59 Å². The average molecular weight is 640 g/mol. The van der Waals surface area contributed by atoms with E-state index in [4.69, 9.17) is 9.47 Å². The summed E-state index contributed by atoms with van der Waals surface area (Å²) in [4.78, 5) is 56.9. The van der Waals surface area contributed by atoms with Crippen LogP contribution >= 0.6 is 0 Å². The molecule has 3 N–H and O–H groups in total. The van der Waals surface area contributed by atoms with Crippen LogP contribution in [0.4, 0.5) is 4.79 Å². The van der Waals surface area contributed by atoms with Gasteiger partial charge in [0.2, 0.25) is 11.8 Å². The molecule has 10 heteroatoms. The number of phenols is 1. The molecule has 2 aromatic carbocycles. The number of alkyl carbamates (subject to hydrolysis) is 1. The minimum absolute atomic E-state index is 0.102. The molecular weight excluding hydrogens is 586 g/mol. The summed E-state index contributed by atoms with van der Waals surface area (Å²) in [6.45, 7) is 19.5. The number of rotatable bonds is 11. The number of ether oxygens (including phenoxy) is 2. The number of hydrogen-bond acceptors (Lipinski definition) is 7. The molecule has 3 amide bonds. The fourth-order valence-corrected chi connectivity index (χ4v) is 4.89. The maximum absolute atomic E-state index is 14.6. The van der Waals surface area contributed by atoms with Crippen LogP contribution in [0, 0.1) is 5.92 Å². The van der Waals surface area contributed by atoms with Gasteiger partial charge >= 0.3 is 12.1 Å². The lowest BCUT2D eigenvalue weighted by Crippen LogP contribution is -2.61. The Labute approximate surface area is 274 Å². The summed E-state index contributed by atoms with van der Waals surface area (Å²) in [5, 5.41) is 16.0. The van der Waals surface area contributed by atoms with E-state index in [-0.39, 0.29) is 18.1 Å². The lowest BCUT2D eigenvalue weighted by molar-refractivity contribution is -0.159. The first-order valence-corrected chi connectivity index (χ1v) is 15.8. The SMILES string of the molecule is CCC(C)C(NC(=O)OC(C)(C)C)C(=O)N(C(C(=O)NC(Cc1ccccc1)C(=O)OC(C)(C)C)c1cccc(O)c1)C(C)(C)C. The van der Waals surface area contributed by atoms with E-state index < -0.39 is 58.7 Å². The second-order valence-corrected chi connectivity index (χ2v) is 14.7. The second kappa shape index (κ2) is 15.5. The van der Waals surface area contributed by atoms with Gasteiger partial charge in [0.25, 0.3) is 0 Å². The second-order valence-electron chi connectivity index (χ2n) is 14.7. The quantitative estimate of drug-likeness (QED) is 0.254. The summed E-state index contributed by atoms with van der Waals surface area (Å²) in [6.07, 6.45) is -0.0653. The lowest BCUT2D eigenvalue weighted by Gasteiger charge is -2.44. The van der Waals surface area contributed by atoms with E-state index in [9.17, 15) is 24.3 Å². The summed E-state index contributed by atoms with van der Waals surface area (Å²) in [5.74, 6) is -2.23. The van der Waals surface area contributed by atoms with Gasteiger partial charge in [0, 0.05) is 12.0 Å². The molecule has 4 atom stereocenters. The molecule has 0 saturated heterocycles. The Balaban J connectivity index is 2.67. The predicted molar refractivity (Wildman–Crippen MR) is 178 cm³/mol. The Morgan fingerprint density at radius 3 is 1.91 bits per heavy atom. The van der Waals surface area contributed by atoms with Crippen molar-refractivity contribution < 1.29 is 33.8 Å². The molecule has 0 saturated carbocycles. The molecule has 254 valence electrons. The van der Waals surface area contributed by atoms with E-state index in [1.54, 1.807) is 74.4 Å². The first-order chi connectivity index (χ1) is 21.1. The van der Waals surface area contributed by atoms with Crippen LogP contribution in [0.15, 0.2) is 54.6 Å². The van der Waals surface area contributed by atoms with Crippen LogP contribution in [-0.2, 0) is 30.3 Å². The molecule has 0 aliphatic rings. The van der Waals surface area contributed by atoms with Crippen LogP contribution in [0.5, 0.6) is 5.75 Å². The van der Waals surface area contributed by atoms with Crippen molar-refractivity contribution in [1.82, 2.24) is 15.5 Å². The normalized spacial score (nSPS) is 14.7. The molecule has 0 spiro atoms. The van der Waals surface area contributed by atoms with Gasteiger partial charge in [0.1, 0.15) is 35.1 Å². The summed E-state index contributed by atoms with van der Waals surface area (Å²) in [7, 11) is 0. The van der Waals surface area contributed by atoms with Crippen LogP contribution in [0.25, 0.3) is 0 Å². The van der Waals surface area contributed by atoms with E-state index in [0.717, 1.165) is 5.56 Å². The van der Waals surface area contributed by atoms with Gasteiger partial charge in [0.15, 0.2) is 0 Å². The van der Waals surface area contributed by atoms with Gasteiger partial charge in [0.05, 0.1) is 0 Å². The Hall–Kier alpha value is -4.08. The van der Waals surface area contributed by atoms with Crippen molar-refractivity contribution in [1.29, 1.82) is 0 Å². The Morgan fingerprint density at radius 2 is 1.41 bits per heavy atom.